The van der Waals surface area contributed by atoms with Crippen molar-refractivity contribution < 1.29 is 31.5 Å². The molecule has 2 aromatic rings. The predicted molar refractivity (Wildman–Crippen MR) is 135 cm³/mol. The van der Waals surface area contributed by atoms with Crippen LogP contribution < -0.4 is 4.74 Å². The Morgan fingerprint density at radius 3 is 2.29 bits per heavy atom. The zero-order chi connectivity index (χ0) is 27.5. The van der Waals surface area contributed by atoms with Crippen molar-refractivity contribution in [2.24, 2.45) is 0 Å². The molecular weight excluding hydrogens is 529 g/mol. The Balaban J connectivity index is 1.50. The van der Waals surface area contributed by atoms with Crippen LogP contribution in [0.15, 0.2) is 42.5 Å². The molecular formula is C27H31ClF5N3O2. The highest BCUT2D eigenvalue weighted by atomic mass is 35.5. The predicted octanol–water partition coefficient (Wildman–Crippen LogP) is 5.47. The number of carbonyl (C=O) groups is 1. The largest absolute Gasteiger partial charge is 0.497 e. The number of halogens is 6. The molecule has 0 spiro atoms. The third-order valence-electron chi connectivity index (χ3n) is 7.25. The number of piperidine rings is 1. The summed E-state index contributed by atoms with van der Waals surface area (Å²) in [6, 6.07) is 10.0. The van der Waals surface area contributed by atoms with E-state index in [1.807, 2.05) is 17.0 Å². The highest BCUT2D eigenvalue weighted by Gasteiger charge is 2.36. The zero-order valence-electron chi connectivity index (χ0n) is 21.1. The third kappa shape index (κ3) is 7.36. The molecule has 0 saturated carbocycles. The average Bonchev–Trinajstić information content (AvgIpc) is 2.88. The van der Waals surface area contributed by atoms with E-state index in [0.717, 1.165) is 17.7 Å². The molecule has 4 rings (SSSR count). The molecule has 2 saturated heterocycles. The molecule has 2 aliphatic rings. The summed E-state index contributed by atoms with van der Waals surface area (Å²) < 4.78 is 72.5. The summed E-state index contributed by atoms with van der Waals surface area (Å²) in [4.78, 5) is 19.4. The SMILES string of the molecule is COc1cc(C(=O)N2CCN(CCN3CCC(F)(F)CC3)C[C@H]2Cc2ccc(Cl)cc2)cc(C(F)(F)F)c1. The Bertz CT molecular complexity index is 1100. The first-order valence-corrected chi connectivity index (χ1v) is 13.0. The first-order valence-electron chi connectivity index (χ1n) is 12.6. The number of amides is 1. The molecule has 0 aromatic heterocycles. The lowest BCUT2D eigenvalue weighted by molar-refractivity contribution is -0.137. The molecule has 11 heteroatoms. The van der Waals surface area contributed by atoms with Crippen molar-refractivity contribution in [3.05, 3.63) is 64.2 Å². The second-order valence-corrected chi connectivity index (χ2v) is 10.4. The van der Waals surface area contributed by atoms with Gasteiger partial charge in [-0.3, -0.25) is 9.69 Å². The van der Waals surface area contributed by atoms with Gasteiger partial charge in [-0.25, -0.2) is 8.78 Å². The van der Waals surface area contributed by atoms with E-state index >= 15 is 0 Å². The standard InChI is InChI=1S/C27H31ClF5N3O2/c1-38-24-16-20(15-21(17-24)27(31,32)33)25(37)36-13-12-35(11-10-34-8-6-26(29,30)7-9-34)18-23(36)14-19-2-4-22(28)5-3-19/h2-5,15-17,23H,6-14,18H2,1H3/t23-/m1/s1. The maximum absolute atomic E-state index is 13.6. The molecule has 2 fully saturated rings. The van der Waals surface area contributed by atoms with E-state index in [2.05, 4.69) is 4.90 Å². The highest BCUT2D eigenvalue weighted by molar-refractivity contribution is 6.30. The number of piperazine rings is 1. The van der Waals surface area contributed by atoms with Crippen LogP contribution in [0.3, 0.4) is 0 Å². The van der Waals surface area contributed by atoms with Gasteiger partial charge >= 0.3 is 6.18 Å². The number of likely N-dealkylation sites (tertiary alicyclic amines) is 1. The number of hydrogen-bond acceptors (Lipinski definition) is 4. The maximum Gasteiger partial charge on any atom is 0.416 e. The van der Waals surface area contributed by atoms with Crippen LogP contribution >= 0.6 is 11.6 Å². The number of nitrogens with zero attached hydrogens (tertiary/aromatic N) is 3. The molecule has 0 radical (unpaired) electrons. The van der Waals surface area contributed by atoms with Gasteiger partial charge in [0.05, 0.1) is 12.7 Å². The molecule has 0 unspecified atom stereocenters. The van der Waals surface area contributed by atoms with Crippen molar-refractivity contribution in [1.29, 1.82) is 0 Å². The average molecular weight is 560 g/mol. The van der Waals surface area contributed by atoms with E-state index < -0.39 is 23.6 Å². The molecule has 0 aliphatic carbocycles. The monoisotopic (exact) mass is 559 g/mol. The maximum atomic E-state index is 13.6. The van der Waals surface area contributed by atoms with Crippen molar-refractivity contribution in [2.75, 3.05) is 52.9 Å². The van der Waals surface area contributed by atoms with Crippen LogP contribution in [-0.2, 0) is 12.6 Å². The summed E-state index contributed by atoms with van der Waals surface area (Å²) in [5.41, 5.74) is -0.0837. The molecule has 5 nitrogen and oxygen atoms in total. The summed E-state index contributed by atoms with van der Waals surface area (Å²) in [5.74, 6) is -3.13. The third-order valence-corrected chi connectivity index (χ3v) is 7.50. The number of hydrogen-bond donors (Lipinski definition) is 0. The first kappa shape index (κ1) is 28.6. The molecule has 1 atom stereocenters. The highest BCUT2D eigenvalue weighted by Crippen LogP contribution is 2.33. The van der Waals surface area contributed by atoms with Crippen molar-refractivity contribution in [2.45, 2.75) is 37.4 Å². The molecule has 2 heterocycles. The number of benzene rings is 2. The van der Waals surface area contributed by atoms with Crippen LogP contribution in [0.1, 0.15) is 34.3 Å². The van der Waals surface area contributed by atoms with E-state index in [1.165, 1.54) is 13.2 Å². The number of carbonyl (C=O) groups excluding carboxylic acids is 1. The summed E-state index contributed by atoms with van der Waals surface area (Å²) in [6.45, 7) is 3.35. The quantitative estimate of drug-likeness (QED) is 0.422. The molecule has 38 heavy (non-hydrogen) atoms. The Kier molecular flexibility index (Phi) is 8.84. The van der Waals surface area contributed by atoms with Gasteiger partial charge < -0.3 is 14.5 Å². The number of alkyl halides is 5. The summed E-state index contributed by atoms with van der Waals surface area (Å²) >= 11 is 6.02. The minimum atomic E-state index is -4.62. The van der Waals surface area contributed by atoms with Gasteiger partial charge in [-0.1, -0.05) is 23.7 Å². The van der Waals surface area contributed by atoms with E-state index in [4.69, 9.17) is 16.3 Å². The minimum Gasteiger partial charge on any atom is -0.497 e. The summed E-state index contributed by atoms with van der Waals surface area (Å²) in [5, 5.41) is 0.579. The molecule has 0 N–H and O–H groups in total. The molecule has 0 bridgehead atoms. The Morgan fingerprint density at radius 2 is 1.66 bits per heavy atom. The van der Waals surface area contributed by atoms with Crippen molar-refractivity contribution in [3.63, 3.8) is 0 Å². The van der Waals surface area contributed by atoms with Gasteiger partial charge in [-0.2, -0.15) is 13.2 Å². The fourth-order valence-corrected chi connectivity index (χ4v) is 5.14. The van der Waals surface area contributed by atoms with Crippen LogP contribution in [0.5, 0.6) is 5.75 Å². The smallest absolute Gasteiger partial charge is 0.416 e. The number of ether oxygens (including phenoxy) is 1. The lowest BCUT2D eigenvalue weighted by Gasteiger charge is -2.42. The van der Waals surface area contributed by atoms with Gasteiger partial charge in [0, 0.05) is 75.3 Å². The number of methoxy groups -OCH3 is 1. The second-order valence-electron chi connectivity index (χ2n) is 9.93. The Hall–Kier alpha value is -2.43. The molecule has 1 amide bonds. The van der Waals surface area contributed by atoms with E-state index in [9.17, 15) is 26.7 Å². The fraction of sp³-hybridized carbons (Fsp3) is 0.519. The van der Waals surface area contributed by atoms with Gasteiger partial charge in [0.1, 0.15) is 5.75 Å². The van der Waals surface area contributed by atoms with Crippen LogP contribution in [0.4, 0.5) is 22.0 Å². The van der Waals surface area contributed by atoms with Gasteiger partial charge in [-0.05, 0) is 42.3 Å². The van der Waals surface area contributed by atoms with Crippen molar-refractivity contribution >= 4 is 17.5 Å². The van der Waals surface area contributed by atoms with Gasteiger partial charge in [0.25, 0.3) is 11.8 Å². The molecule has 208 valence electrons. The fourth-order valence-electron chi connectivity index (χ4n) is 5.01. The van der Waals surface area contributed by atoms with Crippen LogP contribution in [0.2, 0.25) is 5.02 Å². The first-order chi connectivity index (χ1) is 17.9. The van der Waals surface area contributed by atoms with Crippen LogP contribution in [0.25, 0.3) is 0 Å². The van der Waals surface area contributed by atoms with Crippen LogP contribution in [-0.4, -0.2) is 85.5 Å². The number of rotatable bonds is 7. The Labute approximate surface area is 224 Å². The lowest BCUT2D eigenvalue weighted by Crippen LogP contribution is -2.57. The summed E-state index contributed by atoms with van der Waals surface area (Å²) in [6.07, 6.45) is -4.42. The molecule has 2 aliphatic heterocycles. The van der Waals surface area contributed by atoms with Crippen molar-refractivity contribution in [1.82, 2.24) is 14.7 Å². The van der Waals surface area contributed by atoms with E-state index in [0.29, 0.717) is 57.3 Å². The normalized spacial score (nSPS) is 20.9. The Morgan fingerprint density at radius 1 is 1.00 bits per heavy atom. The van der Waals surface area contributed by atoms with Gasteiger partial charge in [0.2, 0.25) is 0 Å². The zero-order valence-corrected chi connectivity index (χ0v) is 21.9. The minimum absolute atomic E-state index is 0.0387. The topological polar surface area (TPSA) is 36.0 Å². The summed E-state index contributed by atoms with van der Waals surface area (Å²) in [7, 11) is 1.26. The van der Waals surface area contributed by atoms with E-state index in [1.54, 1.807) is 17.0 Å². The van der Waals surface area contributed by atoms with E-state index in [-0.39, 0.29) is 30.2 Å². The van der Waals surface area contributed by atoms with Gasteiger partial charge in [-0.15, -0.1) is 0 Å². The second kappa shape index (κ2) is 11.8. The lowest BCUT2D eigenvalue weighted by atomic mass is 10.00. The molecule has 2 aromatic carbocycles. The van der Waals surface area contributed by atoms with Crippen LogP contribution in [0, 0.1) is 0 Å². The van der Waals surface area contributed by atoms with Crippen molar-refractivity contribution in [3.8, 4) is 5.75 Å². The van der Waals surface area contributed by atoms with Gasteiger partial charge in [0.15, 0.2) is 0 Å².